The summed E-state index contributed by atoms with van der Waals surface area (Å²) in [5, 5.41) is 4.12. The zero-order chi connectivity index (χ0) is 22.2. The van der Waals surface area contributed by atoms with Crippen LogP contribution in [0.2, 0.25) is 0 Å². The number of nitrogens with zero attached hydrogens (tertiary/aromatic N) is 3. The Morgan fingerprint density at radius 3 is 2.78 bits per heavy atom. The molecule has 1 aliphatic rings. The van der Waals surface area contributed by atoms with Gasteiger partial charge in [-0.15, -0.1) is 11.8 Å². The predicted octanol–water partition coefficient (Wildman–Crippen LogP) is 5.25. The predicted molar refractivity (Wildman–Crippen MR) is 118 cm³/mol. The molecule has 5 nitrogen and oxygen atoms in total. The van der Waals surface area contributed by atoms with Crippen molar-refractivity contribution in [3.8, 4) is 16.9 Å². The quantitative estimate of drug-likeness (QED) is 0.416. The summed E-state index contributed by atoms with van der Waals surface area (Å²) in [5.41, 5.74) is 2.91. The standard InChI is InChI=1S/C23H19F3N4OS/c1-32-22-7-6-13(10-28-22)15-8-18-17(9-16(15)24)29-21-12-27-11-19(30(18)21)14-4-2-3-5-20(14)31-23(25)26/h2-10,19,23,27H,11-12H2,1H3/t19-/m0/s1. The molecule has 1 aliphatic heterocycles. The fourth-order valence-electron chi connectivity index (χ4n) is 4.14. The molecular formula is C23H19F3N4OS. The van der Waals surface area contributed by atoms with Gasteiger partial charge in [-0.1, -0.05) is 24.3 Å². The summed E-state index contributed by atoms with van der Waals surface area (Å²) in [6.07, 6.45) is 3.57. The fraction of sp³-hybridized carbons (Fsp3) is 0.217. The molecule has 9 heteroatoms. The Hall–Kier alpha value is -3.04. The minimum absolute atomic E-state index is 0.114. The van der Waals surface area contributed by atoms with Crippen molar-refractivity contribution in [1.29, 1.82) is 0 Å². The van der Waals surface area contributed by atoms with Crippen LogP contribution >= 0.6 is 11.8 Å². The molecule has 1 atom stereocenters. The topological polar surface area (TPSA) is 52.0 Å². The first-order valence-corrected chi connectivity index (χ1v) is 11.2. The van der Waals surface area contributed by atoms with E-state index in [0.717, 1.165) is 10.5 Å². The average Bonchev–Trinajstić information content (AvgIpc) is 3.16. The van der Waals surface area contributed by atoms with E-state index in [1.165, 1.54) is 23.9 Å². The number of benzene rings is 2. The second-order valence-electron chi connectivity index (χ2n) is 7.37. The summed E-state index contributed by atoms with van der Waals surface area (Å²) in [7, 11) is 0. The second-order valence-corrected chi connectivity index (χ2v) is 8.20. The Balaban J connectivity index is 1.66. The molecule has 3 heterocycles. The highest BCUT2D eigenvalue weighted by molar-refractivity contribution is 7.98. The lowest BCUT2D eigenvalue weighted by Gasteiger charge is -2.28. The molecule has 32 heavy (non-hydrogen) atoms. The Bertz CT molecular complexity index is 1280. The molecule has 4 aromatic rings. The Morgan fingerprint density at radius 1 is 1.19 bits per heavy atom. The maximum Gasteiger partial charge on any atom is 0.387 e. The smallest absolute Gasteiger partial charge is 0.387 e. The summed E-state index contributed by atoms with van der Waals surface area (Å²) < 4.78 is 47.7. The van der Waals surface area contributed by atoms with Gasteiger partial charge in [0.05, 0.1) is 28.6 Å². The number of hydrogen-bond acceptors (Lipinski definition) is 5. The van der Waals surface area contributed by atoms with Crippen molar-refractivity contribution in [1.82, 2.24) is 19.9 Å². The molecule has 0 amide bonds. The van der Waals surface area contributed by atoms with E-state index in [1.807, 2.05) is 23.0 Å². The van der Waals surface area contributed by atoms with Gasteiger partial charge in [-0.3, -0.25) is 0 Å². The number of ether oxygens (including phenoxy) is 1. The zero-order valence-corrected chi connectivity index (χ0v) is 17.9. The molecule has 5 rings (SSSR count). The minimum atomic E-state index is -2.93. The summed E-state index contributed by atoms with van der Waals surface area (Å²) in [6, 6.07) is 13.2. The third kappa shape index (κ3) is 3.71. The fourth-order valence-corrected chi connectivity index (χ4v) is 4.50. The first-order chi connectivity index (χ1) is 15.5. The summed E-state index contributed by atoms with van der Waals surface area (Å²) in [6.45, 7) is -1.94. The average molecular weight is 456 g/mol. The van der Waals surface area contributed by atoms with Crippen LogP contribution in [-0.2, 0) is 6.54 Å². The molecule has 0 unspecified atom stereocenters. The van der Waals surface area contributed by atoms with E-state index in [-0.39, 0.29) is 11.8 Å². The third-order valence-electron chi connectivity index (χ3n) is 5.53. The normalized spacial score (nSPS) is 15.8. The van der Waals surface area contributed by atoms with Gasteiger partial charge in [0.1, 0.15) is 17.4 Å². The first kappa shape index (κ1) is 20.8. The number of pyridine rings is 1. The Morgan fingerprint density at radius 2 is 2.03 bits per heavy atom. The SMILES string of the molecule is CSc1ccc(-c2cc3c(cc2F)nc2n3[C@H](c3ccccc3OC(F)F)CNC2)cn1. The highest BCUT2D eigenvalue weighted by Crippen LogP contribution is 2.36. The summed E-state index contributed by atoms with van der Waals surface area (Å²) in [5.74, 6) is 0.427. The number of aromatic nitrogens is 3. The van der Waals surface area contributed by atoms with Gasteiger partial charge in [-0.05, 0) is 24.5 Å². The molecule has 0 radical (unpaired) electrons. The van der Waals surface area contributed by atoms with Crippen LogP contribution < -0.4 is 10.1 Å². The van der Waals surface area contributed by atoms with E-state index in [2.05, 4.69) is 15.3 Å². The van der Waals surface area contributed by atoms with Crippen molar-refractivity contribution in [2.24, 2.45) is 0 Å². The number of fused-ring (bicyclic) bond motifs is 3. The highest BCUT2D eigenvalue weighted by atomic mass is 32.2. The third-order valence-corrected chi connectivity index (χ3v) is 6.19. The number of hydrogen-bond donors (Lipinski definition) is 1. The maximum absolute atomic E-state index is 15.0. The molecule has 0 saturated heterocycles. The second kappa shape index (κ2) is 8.48. The van der Waals surface area contributed by atoms with Crippen LogP contribution in [0.4, 0.5) is 13.2 Å². The van der Waals surface area contributed by atoms with Crippen molar-refractivity contribution in [2.45, 2.75) is 24.2 Å². The van der Waals surface area contributed by atoms with Crippen LogP contribution in [-0.4, -0.2) is 33.9 Å². The van der Waals surface area contributed by atoms with Gasteiger partial charge in [0, 0.05) is 35.5 Å². The lowest BCUT2D eigenvalue weighted by molar-refractivity contribution is -0.0507. The molecular weight excluding hydrogens is 437 g/mol. The van der Waals surface area contributed by atoms with Crippen molar-refractivity contribution < 1.29 is 17.9 Å². The molecule has 2 aromatic heterocycles. The highest BCUT2D eigenvalue weighted by Gasteiger charge is 2.28. The number of alkyl halides is 2. The van der Waals surface area contributed by atoms with E-state index >= 15 is 0 Å². The van der Waals surface area contributed by atoms with Gasteiger partial charge in [-0.2, -0.15) is 8.78 Å². The van der Waals surface area contributed by atoms with Crippen LogP contribution in [0.3, 0.4) is 0 Å². The van der Waals surface area contributed by atoms with Gasteiger partial charge in [-0.25, -0.2) is 14.4 Å². The molecule has 164 valence electrons. The van der Waals surface area contributed by atoms with Crippen molar-refractivity contribution >= 4 is 22.8 Å². The van der Waals surface area contributed by atoms with Crippen LogP contribution in [0, 0.1) is 5.82 Å². The first-order valence-electron chi connectivity index (χ1n) is 10.0. The monoisotopic (exact) mass is 456 g/mol. The van der Waals surface area contributed by atoms with E-state index in [0.29, 0.717) is 41.1 Å². The number of rotatable bonds is 5. The van der Waals surface area contributed by atoms with Crippen molar-refractivity contribution in [3.05, 3.63) is 71.9 Å². The number of thioether (sulfide) groups is 1. The van der Waals surface area contributed by atoms with Crippen LogP contribution in [0.25, 0.3) is 22.2 Å². The number of imidazole rings is 1. The maximum atomic E-state index is 15.0. The summed E-state index contributed by atoms with van der Waals surface area (Å²) in [4.78, 5) is 8.94. The molecule has 0 aliphatic carbocycles. The number of halogens is 3. The van der Waals surface area contributed by atoms with Crippen LogP contribution in [0.1, 0.15) is 17.4 Å². The largest absolute Gasteiger partial charge is 0.434 e. The number of para-hydroxylation sites is 1. The number of nitrogens with one attached hydrogen (secondary N) is 1. The van der Waals surface area contributed by atoms with E-state index in [4.69, 9.17) is 4.74 Å². The molecule has 1 N–H and O–H groups in total. The molecule has 0 bridgehead atoms. The van der Waals surface area contributed by atoms with Crippen molar-refractivity contribution in [3.63, 3.8) is 0 Å². The zero-order valence-electron chi connectivity index (χ0n) is 17.1. The lowest BCUT2D eigenvalue weighted by atomic mass is 10.0. The molecule has 0 fully saturated rings. The van der Waals surface area contributed by atoms with Gasteiger partial charge >= 0.3 is 6.61 Å². The van der Waals surface area contributed by atoms with E-state index in [9.17, 15) is 13.2 Å². The van der Waals surface area contributed by atoms with Gasteiger partial charge < -0.3 is 14.6 Å². The molecule has 2 aromatic carbocycles. The van der Waals surface area contributed by atoms with Crippen LogP contribution in [0.15, 0.2) is 59.8 Å². The van der Waals surface area contributed by atoms with Crippen LogP contribution in [0.5, 0.6) is 5.75 Å². The Kier molecular flexibility index (Phi) is 5.52. The lowest BCUT2D eigenvalue weighted by Crippen LogP contribution is -2.34. The van der Waals surface area contributed by atoms with Crippen molar-refractivity contribution in [2.75, 3.05) is 12.8 Å². The summed E-state index contributed by atoms with van der Waals surface area (Å²) >= 11 is 1.51. The van der Waals surface area contributed by atoms with E-state index in [1.54, 1.807) is 30.5 Å². The Labute approximate surface area is 186 Å². The molecule has 0 spiro atoms. The van der Waals surface area contributed by atoms with Gasteiger partial charge in [0.15, 0.2) is 0 Å². The minimum Gasteiger partial charge on any atom is -0.434 e. The van der Waals surface area contributed by atoms with E-state index < -0.39 is 12.4 Å². The van der Waals surface area contributed by atoms with Gasteiger partial charge in [0.2, 0.25) is 0 Å². The van der Waals surface area contributed by atoms with Gasteiger partial charge in [0.25, 0.3) is 0 Å². The molecule has 0 saturated carbocycles.